The predicted octanol–water partition coefficient (Wildman–Crippen LogP) is 4.40. The molecule has 0 fully saturated rings. The van der Waals surface area contributed by atoms with Crippen LogP contribution in [0.2, 0.25) is 0 Å². The summed E-state index contributed by atoms with van der Waals surface area (Å²) >= 11 is 1.49. The van der Waals surface area contributed by atoms with Crippen LogP contribution in [0.1, 0.15) is 45.3 Å². The second-order valence-corrected chi connectivity index (χ2v) is 8.54. The molecule has 0 saturated heterocycles. The molecule has 1 unspecified atom stereocenters. The molecule has 1 aromatic heterocycles. The van der Waals surface area contributed by atoms with Crippen molar-refractivity contribution in [2.24, 2.45) is 0 Å². The number of nitrogens with zero attached hydrogens (tertiary/aromatic N) is 2. The zero-order valence-corrected chi connectivity index (χ0v) is 16.7. The van der Waals surface area contributed by atoms with E-state index in [0.29, 0.717) is 10.7 Å². The molecule has 1 aliphatic carbocycles. The first-order valence-electron chi connectivity index (χ1n) is 9.96. The van der Waals surface area contributed by atoms with Gasteiger partial charge in [0.15, 0.2) is 5.13 Å². The first kappa shape index (κ1) is 18.1. The van der Waals surface area contributed by atoms with Crippen LogP contribution in [0.3, 0.4) is 0 Å². The highest BCUT2D eigenvalue weighted by Crippen LogP contribution is 2.39. The number of rotatable bonds is 3. The van der Waals surface area contributed by atoms with E-state index in [1.165, 1.54) is 16.9 Å². The summed E-state index contributed by atoms with van der Waals surface area (Å²) in [5.41, 5.74) is 3.70. The molecule has 5 rings (SSSR count). The highest BCUT2D eigenvalue weighted by Gasteiger charge is 2.35. The summed E-state index contributed by atoms with van der Waals surface area (Å²) in [6, 6.07) is 17.2. The predicted molar refractivity (Wildman–Crippen MR) is 115 cm³/mol. The fourth-order valence-electron chi connectivity index (χ4n) is 4.23. The maximum atomic E-state index is 13.4. The van der Waals surface area contributed by atoms with Gasteiger partial charge in [-0.15, -0.1) is 11.3 Å². The van der Waals surface area contributed by atoms with E-state index in [9.17, 15) is 9.59 Å². The molecule has 5 nitrogen and oxygen atoms in total. The Labute approximate surface area is 173 Å². The number of fused-ring (bicyclic) bond motifs is 2. The van der Waals surface area contributed by atoms with Crippen LogP contribution < -0.4 is 10.2 Å². The summed E-state index contributed by atoms with van der Waals surface area (Å²) in [6.07, 6.45) is 3.58. The van der Waals surface area contributed by atoms with Crippen LogP contribution in [0, 0.1) is 0 Å². The molecule has 146 valence electrons. The second kappa shape index (κ2) is 7.44. The minimum absolute atomic E-state index is 0.127. The molecule has 1 atom stereocenters. The van der Waals surface area contributed by atoms with Gasteiger partial charge in [-0.2, -0.15) is 0 Å². The topological polar surface area (TPSA) is 62.3 Å². The molecule has 29 heavy (non-hydrogen) atoms. The van der Waals surface area contributed by atoms with Crippen molar-refractivity contribution in [3.63, 3.8) is 0 Å². The molecule has 0 radical (unpaired) electrons. The number of amides is 2. The minimum Gasteiger partial charge on any atom is -0.311 e. The van der Waals surface area contributed by atoms with Crippen LogP contribution >= 0.6 is 11.3 Å². The highest BCUT2D eigenvalue weighted by molar-refractivity contribution is 7.16. The van der Waals surface area contributed by atoms with Crippen LogP contribution in [0.15, 0.2) is 54.6 Å². The molecular formula is C23H21N3O2S. The molecule has 1 aliphatic heterocycles. The van der Waals surface area contributed by atoms with E-state index in [1.54, 1.807) is 12.1 Å². The van der Waals surface area contributed by atoms with Gasteiger partial charge in [0.1, 0.15) is 0 Å². The largest absolute Gasteiger partial charge is 0.311 e. The number of thiazole rings is 1. The van der Waals surface area contributed by atoms with Crippen molar-refractivity contribution in [3.8, 4) is 0 Å². The van der Waals surface area contributed by atoms with Gasteiger partial charge >= 0.3 is 0 Å². The highest BCUT2D eigenvalue weighted by atomic mass is 32.1. The molecular weight excluding hydrogens is 382 g/mol. The standard InChI is InChI=1S/C23H21N3O2S/c27-21(16-8-2-1-3-9-16)25-23-24-20-17(10-6-12-19(20)29-23)22(28)26-14-13-15-7-4-5-11-18(15)26/h1-5,7-9,11,17H,6,10,12-14H2,(H,24,25,27). The SMILES string of the molecule is O=C(Nc1nc2c(s1)CCCC2C(=O)N1CCc2ccccc21)c1ccccc1. The molecule has 3 aromatic rings. The number of aromatic nitrogens is 1. The number of carbonyl (C=O) groups is 2. The number of hydrogen-bond acceptors (Lipinski definition) is 4. The summed E-state index contributed by atoms with van der Waals surface area (Å²) in [7, 11) is 0. The van der Waals surface area contributed by atoms with Crippen molar-refractivity contribution in [2.45, 2.75) is 31.6 Å². The summed E-state index contributed by atoms with van der Waals surface area (Å²) < 4.78 is 0. The fraction of sp³-hybridized carbons (Fsp3) is 0.261. The molecule has 1 N–H and O–H groups in total. The van der Waals surface area contributed by atoms with Crippen LogP contribution in [0.5, 0.6) is 0 Å². The van der Waals surface area contributed by atoms with Gasteiger partial charge in [0.2, 0.25) is 5.91 Å². The number of anilines is 2. The molecule has 0 spiro atoms. The lowest BCUT2D eigenvalue weighted by Crippen LogP contribution is -2.35. The van der Waals surface area contributed by atoms with Gasteiger partial charge in [-0.25, -0.2) is 4.98 Å². The average Bonchev–Trinajstić information content (AvgIpc) is 3.37. The Morgan fingerprint density at radius 2 is 1.83 bits per heavy atom. The monoisotopic (exact) mass is 403 g/mol. The lowest BCUT2D eigenvalue weighted by molar-refractivity contribution is -0.120. The van der Waals surface area contributed by atoms with Gasteiger partial charge in [0.25, 0.3) is 5.91 Å². The minimum atomic E-state index is -0.233. The maximum absolute atomic E-state index is 13.4. The number of benzene rings is 2. The van der Waals surface area contributed by atoms with Crippen molar-refractivity contribution in [1.29, 1.82) is 0 Å². The van der Waals surface area contributed by atoms with Gasteiger partial charge in [-0.1, -0.05) is 36.4 Å². The number of hydrogen-bond donors (Lipinski definition) is 1. The van der Waals surface area contributed by atoms with E-state index in [4.69, 9.17) is 0 Å². The first-order chi connectivity index (χ1) is 14.2. The quantitative estimate of drug-likeness (QED) is 0.705. The summed E-state index contributed by atoms with van der Waals surface area (Å²) in [5, 5.41) is 3.48. The Bertz CT molecular complexity index is 1080. The van der Waals surface area contributed by atoms with Crippen molar-refractivity contribution in [2.75, 3.05) is 16.8 Å². The van der Waals surface area contributed by atoms with Gasteiger partial charge in [-0.3, -0.25) is 14.9 Å². The van der Waals surface area contributed by atoms with Crippen LogP contribution in [0.25, 0.3) is 0 Å². The zero-order chi connectivity index (χ0) is 19.8. The Morgan fingerprint density at radius 3 is 2.69 bits per heavy atom. The lowest BCUT2D eigenvalue weighted by atomic mass is 9.90. The third kappa shape index (κ3) is 3.34. The smallest absolute Gasteiger partial charge is 0.257 e. The second-order valence-electron chi connectivity index (χ2n) is 7.46. The maximum Gasteiger partial charge on any atom is 0.257 e. The Kier molecular flexibility index (Phi) is 4.64. The average molecular weight is 404 g/mol. The fourth-order valence-corrected chi connectivity index (χ4v) is 5.29. The molecule has 0 bridgehead atoms. The molecule has 2 heterocycles. The Morgan fingerprint density at radius 1 is 1.03 bits per heavy atom. The zero-order valence-electron chi connectivity index (χ0n) is 15.9. The summed E-state index contributed by atoms with van der Waals surface area (Å²) in [6.45, 7) is 0.728. The van der Waals surface area contributed by atoms with Gasteiger partial charge in [0.05, 0.1) is 11.6 Å². The van der Waals surface area contributed by atoms with E-state index in [1.807, 2.05) is 41.3 Å². The normalized spacial score (nSPS) is 17.5. The van der Waals surface area contributed by atoms with Crippen molar-refractivity contribution < 1.29 is 9.59 Å². The first-order valence-corrected chi connectivity index (χ1v) is 10.8. The van der Waals surface area contributed by atoms with Crippen LogP contribution in [0.4, 0.5) is 10.8 Å². The van der Waals surface area contributed by atoms with Crippen molar-refractivity contribution >= 4 is 34.0 Å². The number of nitrogens with one attached hydrogen (secondary N) is 1. The van der Waals surface area contributed by atoms with E-state index in [-0.39, 0.29) is 17.7 Å². The number of para-hydroxylation sites is 1. The Hall–Kier alpha value is -2.99. The number of carbonyl (C=O) groups excluding carboxylic acids is 2. The molecule has 6 heteroatoms. The third-order valence-electron chi connectivity index (χ3n) is 5.66. The lowest BCUT2D eigenvalue weighted by Gasteiger charge is -2.26. The van der Waals surface area contributed by atoms with E-state index < -0.39 is 0 Å². The Balaban J connectivity index is 1.39. The van der Waals surface area contributed by atoms with Gasteiger partial charge in [0, 0.05) is 22.7 Å². The summed E-state index contributed by atoms with van der Waals surface area (Å²) in [4.78, 5) is 33.6. The van der Waals surface area contributed by atoms with E-state index in [0.717, 1.165) is 48.5 Å². The molecule has 2 aliphatic rings. The molecule has 0 saturated carbocycles. The molecule has 2 aromatic carbocycles. The van der Waals surface area contributed by atoms with Gasteiger partial charge in [-0.05, 0) is 49.4 Å². The van der Waals surface area contributed by atoms with Crippen molar-refractivity contribution in [3.05, 3.63) is 76.3 Å². The van der Waals surface area contributed by atoms with Crippen LogP contribution in [-0.2, 0) is 17.6 Å². The van der Waals surface area contributed by atoms with E-state index in [2.05, 4.69) is 16.4 Å². The third-order valence-corrected chi connectivity index (χ3v) is 6.71. The molecule has 2 amide bonds. The van der Waals surface area contributed by atoms with Crippen LogP contribution in [-0.4, -0.2) is 23.3 Å². The summed E-state index contributed by atoms with van der Waals surface area (Å²) in [5.74, 6) is -0.279. The van der Waals surface area contributed by atoms with Crippen molar-refractivity contribution in [1.82, 2.24) is 4.98 Å². The number of aryl methyl sites for hydroxylation is 1. The van der Waals surface area contributed by atoms with Gasteiger partial charge < -0.3 is 4.90 Å². The van der Waals surface area contributed by atoms with E-state index >= 15 is 0 Å².